The van der Waals surface area contributed by atoms with Crippen LogP contribution >= 0.6 is 0 Å². The molecule has 0 aromatic heterocycles. The van der Waals surface area contributed by atoms with Crippen LogP contribution in [0.15, 0.2) is 24.3 Å². The van der Waals surface area contributed by atoms with Crippen LogP contribution in [0.25, 0.3) is 0 Å². The lowest BCUT2D eigenvalue weighted by molar-refractivity contribution is -0.117. The molecule has 0 radical (unpaired) electrons. The number of rotatable bonds is 4. The minimum Gasteiger partial charge on any atom is -0.325 e. The monoisotopic (exact) mass is 285 g/mol. The number of nitriles is 1. The molecule has 1 unspecified atom stereocenters. The SMILES string of the molecule is CCC1CCCCCN1CC(=O)Nc1cccc(C#N)c1. The molecule has 112 valence electrons. The van der Waals surface area contributed by atoms with Crippen LogP contribution in [0.4, 0.5) is 5.69 Å². The summed E-state index contributed by atoms with van der Waals surface area (Å²) in [5.74, 6) is 0.00504. The summed E-state index contributed by atoms with van der Waals surface area (Å²) in [6, 6.07) is 9.65. The first-order valence-corrected chi connectivity index (χ1v) is 7.77. The van der Waals surface area contributed by atoms with Crippen LogP contribution in [0.1, 0.15) is 44.6 Å². The molecule has 1 aliphatic rings. The van der Waals surface area contributed by atoms with Crippen molar-refractivity contribution in [2.45, 2.75) is 45.1 Å². The predicted molar refractivity (Wildman–Crippen MR) is 83.9 cm³/mol. The average Bonchev–Trinajstić information content (AvgIpc) is 2.72. The van der Waals surface area contributed by atoms with Gasteiger partial charge in [0, 0.05) is 11.7 Å². The lowest BCUT2D eigenvalue weighted by Gasteiger charge is -2.28. The predicted octanol–water partition coefficient (Wildman–Crippen LogP) is 3.15. The van der Waals surface area contributed by atoms with E-state index in [0.29, 0.717) is 23.8 Å². The van der Waals surface area contributed by atoms with Gasteiger partial charge >= 0.3 is 0 Å². The highest BCUT2D eigenvalue weighted by Gasteiger charge is 2.21. The van der Waals surface area contributed by atoms with Gasteiger partial charge in [-0.25, -0.2) is 0 Å². The fourth-order valence-corrected chi connectivity index (χ4v) is 2.96. The smallest absolute Gasteiger partial charge is 0.238 e. The molecule has 1 atom stereocenters. The average molecular weight is 285 g/mol. The summed E-state index contributed by atoms with van der Waals surface area (Å²) >= 11 is 0. The maximum atomic E-state index is 12.2. The Balaban J connectivity index is 1.95. The highest BCUT2D eigenvalue weighted by molar-refractivity contribution is 5.92. The van der Waals surface area contributed by atoms with E-state index >= 15 is 0 Å². The Morgan fingerprint density at radius 3 is 3.05 bits per heavy atom. The standard InChI is InChI=1S/C17H23N3O/c1-2-16-9-4-3-5-10-20(16)13-17(21)19-15-8-6-7-14(11-15)12-18/h6-8,11,16H,2-5,9-10,13H2,1H3,(H,19,21). The zero-order valence-electron chi connectivity index (χ0n) is 12.6. The second-order valence-corrected chi connectivity index (χ2v) is 5.62. The topological polar surface area (TPSA) is 56.1 Å². The van der Waals surface area contributed by atoms with Gasteiger partial charge in [0.25, 0.3) is 0 Å². The van der Waals surface area contributed by atoms with Crippen molar-refractivity contribution in [1.29, 1.82) is 5.26 Å². The van der Waals surface area contributed by atoms with Crippen molar-refractivity contribution in [2.24, 2.45) is 0 Å². The molecule has 21 heavy (non-hydrogen) atoms. The van der Waals surface area contributed by atoms with Crippen molar-refractivity contribution >= 4 is 11.6 Å². The molecule has 1 N–H and O–H groups in total. The van der Waals surface area contributed by atoms with Gasteiger partial charge in [-0.05, 0) is 44.0 Å². The Morgan fingerprint density at radius 2 is 2.29 bits per heavy atom. The molecular formula is C17H23N3O. The number of nitrogens with one attached hydrogen (secondary N) is 1. The first kappa shape index (κ1) is 15.5. The van der Waals surface area contributed by atoms with Crippen LogP contribution in [0.5, 0.6) is 0 Å². The lowest BCUT2D eigenvalue weighted by Crippen LogP contribution is -2.40. The molecule has 2 rings (SSSR count). The van der Waals surface area contributed by atoms with Crippen molar-refractivity contribution in [3.63, 3.8) is 0 Å². The molecule has 1 aromatic carbocycles. The first-order chi connectivity index (χ1) is 10.2. The van der Waals surface area contributed by atoms with Crippen LogP contribution in [0.2, 0.25) is 0 Å². The summed E-state index contributed by atoms with van der Waals surface area (Å²) in [5.41, 5.74) is 1.26. The molecule has 4 heteroatoms. The number of amides is 1. The van der Waals surface area contributed by atoms with Gasteiger partial charge in [-0.3, -0.25) is 9.69 Å². The number of anilines is 1. The van der Waals surface area contributed by atoms with E-state index < -0.39 is 0 Å². The fraction of sp³-hybridized carbons (Fsp3) is 0.529. The van der Waals surface area contributed by atoms with E-state index in [1.807, 2.05) is 6.07 Å². The summed E-state index contributed by atoms with van der Waals surface area (Å²) in [6.07, 6.45) is 5.98. The third kappa shape index (κ3) is 4.57. The molecule has 0 bridgehead atoms. The summed E-state index contributed by atoms with van der Waals surface area (Å²) in [5, 5.41) is 11.8. The van der Waals surface area contributed by atoms with Gasteiger partial charge in [0.05, 0.1) is 18.2 Å². The first-order valence-electron chi connectivity index (χ1n) is 7.77. The van der Waals surface area contributed by atoms with Crippen LogP contribution in [-0.2, 0) is 4.79 Å². The summed E-state index contributed by atoms with van der Waals surface area (Å²) in [4.78, 5) is 14.5. The molecule has 0 saturated carbocycles. The normalized spacial score (nSPS) is 19.5. The third-order valence-corrected chi connectivity index (χ3v) is 4.09. The van der Waals surface area contributed by atoms with Crippen molar-refractivity contribution in [3.05, 3.63) is 29.8 Å². The summed E-state index contributed by atoms with van der Waals surface area (Å²) in [6.45, 7) is 3.64. The van der Waals surface area contributed by atoms with E-state index in [9.17, 15) is 4.79 Å². The van der Waals surface area contributed by atoms with E-state index in [1.54, 1.807) is 18.2 Å². The molecular weight excluding hydrogens is 262 g/mol. The zero-order valence-corrected chi connectivity index (χ0v) is 12.6. The molecule has 0 spiro atoms. The summed E-state index contributed by atoms with van der Waals surface area (Å²) < 4.78 is 0. The number of nitrogens with zero attached hydrogens (tertiary/aromatic N) is 2. The number of carbonyl (C=O) groups is 1. The maximum Gasteiger partial charge on any atom is 0.238 e. The maximum absolute atomic E-state index is 12.2. The molecule has 1 aromatic rings. The molecule has 1 amide bonds. The summed E-state index contributed by atoms with van der Waals surface area (Å²) in [7, 11) is 0. The quantitative estimate of drug-likeness (QED) is 0.924. The minimum absolute atomic E-state index is 0.00504. The largest absolute Gasteiger partial charge is 0.325 e. The van der Waals surface area contributed by atoms with Crippen LogP contribution < -0.4 is 5.32 Å². The zero-order chi connectivity index (χ0) is 15.1. The van der Waals surface area contributed by atoms with Crippen molar-refractivity contribution < 1.29 is 4.79 Å². The number of carbonyl (C=O) groups excluding carboxylic acids is 1. The van der Waals surface area contributed by atoms with Crippen molar-refractivity contribution in [3.8, 4) is 6.07 Å². The van der Waals surface area contributed by atoms with Crippen molar-refractivity contribution in [2.75, 3.05) is 18.4 Å². The number of benzene rings is 1. The number of hydrogen-bond donors (Lipinski definition) is 1. The second kappa shape index (κ2) is 7.80. The van der Waals surface area contributed by atoms with E-state index in [0.717, 1.165) is 13.0 Å². The Kier molecular flexibility index (Phi) is 5.77. The second-order valence-electron chi connectivity index (χ2n) is 5.62. The molecule has 0 aliphatic carbocycles. The van der Waals surface area contributed by atoms with Crippen LogP contribution in [0, 0.1) is 11.3 Å². The molecule has 1 saturated heterocycles. The van der Waals surface area contributed by atoms with Gasteiger partial charge in [0.2, 0.25) is 5.91 Å². The van der Waals surface area contributed by atoms with E-state index in [2.05, 4.69) is 23.2 Å². The Morgan fingerprint density at radius 1 is 1.43 bits per heavy atom. The fourth-order valence-electron chi connectivity index (χ4n) is 2.96. The lowest BCUT2D eigenvalue weighted by atomic mass is 10.1. The highest BCUT2D eigenvalue weighted by Crippen LogP contribution is 2.19. The van der Waals surface area contributed by atoms with E-state index in [4.69, 9.17) is 5.26 Å². The van der Waals surface area contributed by atoms with E-state index in [-0.39, 0.29) is 5.91 Å². The Bertz CT molecular complexity index is 521. The number of hydrogen-bond acceptors (Lipinski definition) is 3. The minimum atomic E-state index is 0.00504. The highest BCUT2D eigenvalue weighted by atomic mass is 16.2. The molecule has 4 nitrogen and oxygen atoms in total. The molecule has 1 aliphatic heterocycles. The van der Waals surface area contributed by atoms with Gasteiger partial charge in [-0.15, -0.1) is 0 Å². The Hall–Kier alpha value is -1.86. The van der Waals surface area contributed by atoms with Gasteiger partial charge in [0.1, 0.15) is 0 Å². The van der Waals surface area contributed by atoms with Gasteiger partial charge in [-0.1, -0.05) is 25.8 Å². The van der Waals surface area contributed by atoms with Crippen LogP contribution in [0.3, 0.4) is 0 Å². The van der Waals surface area contributed by atoms with Gasteiger partial charge in [0.15, 0.2) is 0 Å². The number of likely N-dealkylation sites (tertiary alicyclic amines) is 1. The van der Waals surface area contributed by atoms with E-state index in [1.165, 1.54) is 25.7 Å². The van der Waals surface area contributed by atoms with Crippen molar-refractivity contribution in [1.82, 2.24) is 4.90 Å². The third-order valence-electron chi connectivity index (χ3n) is 4.09. The molecule has 1 fully saturated rings. The Labute approximate surface area is 126 Å². The van der Waals surface area contributed by atoms with Gasteiger partial charge < -0.3 is 5.32 Å². The molecule has 1 heterocycles. The van der Waals surface area contributed by atoms with Gasteiger partial charge in [-0.2, -0.15) is 5.26 Å². The van der Waals surface area contributed by atoms with Crippen LogP contribution in [-0.4, -0.2) is 29.9 Å².